The highest BCUT2D eigenvalue weighted by molar-refractivity contribution is 14.0. The zero-order valence-corrected chi connectivity index (χ0v) is 18.4. The Morgan fingerprint density at radius 1 is 1.22 bits per heavy atom. The van der Waals surface area contributed by atoms with E-state index < -0.39 is 0 Å². The highest BCUT2D eigenvalue weighted by atomic mass is 127. The number of aromatic nitrogens is 1. The minimum atomic E-state index is 0. The Bertz CT molecular complexity index is 871. The molecule has 1 fully saturated rings. The lowest BCUT2D eigenvalue weighted by molar-refractivity contribution is 0.169. The van der Waals surface area contributed by atoms with E-state index in [1.165, 1.54) is 15.6 Å². The van der Waals surface area contributed by atoms with E-state index in [4.69, 9.17) is 4.52 Å². The van der Waals surface area contributed by atoms with E-state index in [1.54, 1.807) is 17.6 Å². The first-order valence-electron chi connectivity index (χ1n) is 8.86. The number of benzene rings is 1. The molecule has 1 aliphatic rings. The molecule has 1 N–H and O–H groups in total. The molecule has 3 heterocycles. The van der Waals surface area contributed by atoms with Crippen LogP contribution in [0.3, 0.4) is 0 Å². The van der Waals surface area contributed by atoms with Crippen LogP contribution in [0.4, 0.5) is 0 Å². The van der Waals surface area contributed by atoms with Crippen molar-refractivity contribution in [3.63, 3.8) is 0 Å². The van der Waals surface area contributed by atoms with Crippen molar-refractivity contribution in [3.8, 4) is 0 Å². The Morgan fingerprint density at radius 2 is 2.04 bits per heavy atom. The molecule has 1 aliphatic heterocycles. The van der Waals surface area contributed by atoms with Crippen LogP contribution >= 0.6 is 35.3 Å². The number of hydrogen-bond donors (Lipinski definition) is 1. The molecule has 27 heavy (non-hydrogen) atoms. The molecule has 144 valence electrons. The summed E-state index contributed by atoms with van der Waals surface area (Å²) in [6.07, 6.45) is 1.63. The molecule has 4 rings (SSSR count). The van der Waals surface area contributed by atoms with Crippen LogP contribution in [0.25, 0.3) is 10.1 Å². The van der Waals surface area contributed by atoms with Crippen LogP contribution in [0, 0.1) is 0 Å². The summed E-state index contributed by atoms with van der Waals surface area (Å²) >= 11 is 1.80. The van der Waals surface area contributed by atoms with Gasteiger partial charge in [-0.25, -0.2) is 0 Å². The smallest absolute Gasteiger partial charge is 0.194 e. The monoisotopic (exact) mass is 497 g/mol. The van der Waals surface area contributed by atoms with Crippen molar-refractivity contribution in [1.82, 2.24) is 20.3 Å². The van der Waals surface area contributed by atoms with Gasteiger partial charge >= 0.3 is 0 Å². The standard InChI is InChI=1S/C19H23N5OS.HI/c1-20-19(21-12-15-14-26-18-5-3-2-4-17(15)18)24-9-7-23(8-10-24)13-16-6-11-25-22-16;/h2-6,11,14H,7-10,12-13H2,1H3,(H,20,21);1H. The summed E-state index contributed by atoms with van der Waals surface area (Å²) in [5.41, 5.74) is 2.32. The topological polar surface area (TPSA) is 56.9 Å². The van der Waals surface area contributed by atoms with E-state index in [0.717, 1.165) is 50.9 Å². The van der Waals surface area contributed by atoms with Gasteiger partial charge in [0.25, 0.3) is 0 Å². The van der Waals surface area contributed by atoms with Crippen molar-refractivity contribution in [1.29, 1.82) is 0 Å². The van der Waals surface area contributed by atoms with Crippen molar-refractivity contribution < 1.29 is 4.52 Å². The Morgan fingerprint density at radius 3 is 2.78 bits per heavy atom. The van der Waals surface area contributed by atoms with E-state index in [1.807, 2.05) is 13.1 Å². The minimum absolute atomic E-state index is 0. The summed E-state index contributed by atoms with van der Waals surface area (Å²) in [4.78, 5) is 9.21. The SMILES string of the molecule is CN=C(NCc1csc2ccccc12)N1CCN(Cc2ccon2)CC1.I. The summed E-state index contributed by atoms with van der Waals surface area (Å²) in [5, 5.41) is 11.1. The average molecular weight is 497 g/mol. The zero-order chi connectivity index (χ0) is 17.8. The number of fused-ring (bicyclic) bond motifs is 1. The molecule has 3 aromatic rings. The van der Waals surface area contributed by atoms with Gasteiger partial charge in [-0.1, -0.05) is 23.4 Å². The van der Waals surface area contributed by atoms with Gasteiger partial charge in [0.05, 0.1) is 5.69 Å². The van der Waals surface area contributed by atoms with Gasteiger partial charge in [0.1, 0.15) is 6.26 Å². The first-order chi connectivity index (χ1) is 12.8. The van der Waals surface area contributed by atoms with E-state index in [0.29, 0.717) is 0 Å². The van der Waals surface area contributed by atoms with Crippen molar-refractivity contribution in [3.05, 3.63) is 53.2 Å². The average Bonchev–Trinajstić information content (AvgIpc) is 3.33. The van der Waals surface area contributed by atoms with Crippen LogP contribution in [0.15, 0.2) is 51.5 Å². The Labute approximate surface area is 180 Å². The third-order valence-electron chi connectivity index (χ3n) is 4.76. The van der Waals surface area contributed by atoms with Crippen molar-refractivity contribution >= 4 is 51.4 Å². The highest BCUT2D eigenvalue weighted by Crippen LogP contribution is 2.25. The Balaban J connectivity index is 0.00000210. The third kappa shape index (κ3) is 4.80. The molecular formula is C19H24IN5OS. The lowest BCUT2D eigenvalue weighted by Gasteiger charge is -2.36. The van der Waals surface area contributed by atoms with Gasteiger partial charge in [-0.3, -0.25) is 9.89 Å². The molecule has 8 heteroatoms. The van der Waals surface area contributed by atoms with Crippen LogP contribution in [-0.4, -0.2) is 54.1 Å². The number of hydrogen-bond acceptors (Lipinski definition) is 5. The predicted octanol–water partition coefficient (Wildman–Crippen LogP) is 3.40. The van der Waals surface area contributed by atoms with Gasteiger partial charge in [0.15, 0.2) is 5.96 Å². The Hall–Kier alpha value is -1.65. The quantitative estimate of drug-likeness (QED) is 0.340. The summed E-state index contributed by atoms with van der Waals surface area (Å²) < 4.78 is 6.25. The fourth-order valence-electron chi connectivity index (χ4n) is 3.34. The van der Waals surface area contributed by atoms with Gasteiger partial charge in [-0.15, -0.1) is 35.3 Å². The van der Waals surface area contributed by atoms with Crippen molar-refractivity contribution in [2.24, 2.45) is 4.99 Å². The largest absolute Gasteiger partial charge is 0.364 e. The normalized spacial score (nSPS) is 15.7. The van der Waals surface area contributed by atoms with E-state index in [2.05, 4.69) is 54.9 Å². The van der Waals surface area contributed by atoms with Crippen LogP contribution in [0.5, 0.6) is 0 Å². The van der Waals surface area contributed by atoms with E-state index in [9.17, 15) is 0 Å². The third-order valence-corrected chi connectivity index (χ3v) is 5.77. The van der Waals surface area contributed by atoms with Crippen LogP contribution < -0.4 is 5.32 Å². The van der Waals surface area contributed by atoms with Crippen LogP contribution in [0.1, 0.15) is 11.3 Å². The molecule has 0 saturated carbocycles. The summed E-state index contributed by atoms with van der Waals surface area (Å²) in [5.74, 6) is 0.973. The van der Waals surface area contributed by atoms with Gasteiger partial charge in [0, 0.05) is 57.1 Å². The van der Waals surface area contributed by atoms with Crippen molar-refractivity contribution in [2.75, 3.05) is 33.2 Å². The summed E-state index contributed by atoms with van der Waals surface area (Å²) in [6, 6.07) is 10.5. The predicted molar refractivity (Wildman–Crippen MR) is 121 cm³/mol. The maximum absolute atomic E-state index is 4.92. The number of aliphatic imine (C=N–C) groups is 1. The van der Waals surface area contributed by atoms with Gasteiger partial charge < -0.3 is 14.7 Å². The number of nitrogens with zero attached hydrogens (tertiary/aromatic N) is 4. The highest BCUT2D eigenvalue weighted by Gasteiger charge is 2.20. The molecule has 1 aromatic carbocycles. The van der Waals surface area contributed by atoms with E-state index >= 15 is 0 Å². The van der Waals surface area contributed by atoms with Gasteiger partial charge in [-0.05, 0) is 22.4 Å². The molecule has 0 unspecified atom stereocenters. The fourth-order valence-corrected chi connectivity index (χ4v) is 4.30. The number of thiophene rings is 1. The molecule has 0 radical (unpaired) electrons. The molecule has 0 atom stereocenters. The number of piperazine rings is 1. The van der Waals surface area contributed by atoms with Gasteiger partial charge in [-0.2, -0.15) is 0 Å². The lowest BCUT2D eigenvalue weighted by atomic mass is 10.2. The maximum atomic E-state index is 4.92. The molecule has 0 bridgehead atoms. The molecule has 1 saturated heterocycles. The van der Waals surface area contributed by atoms with Crippen LogP contribution in [-0.2, 0) is 13.1 Å². The second-order valence-corrected chi connectivity index (χ2v) is 7.32. The zero-order valence-electron chi connectivity index (χ0n) is 15.3. The lowest BCUT2D eigenvalue weighted by Crippen LogP contribution is -2.52. The number of guanidine groups is 1. The first-order valence-corrected chi connectivity index (χ1v) is 9.74. The minimum Gasteiger partial charge on any atom is -0.364 e. The molecule has 0 amide bonds. The number of nitrogens with one attached hydrogen (secondary N) is 1. The Kier molecular flexibility index (Phi) is 7.08. The number of rotatable bonds is 4. The molecule has 0 aliphatic carbocycles. The van der Waals surface area contributed by atoms with E-state index in [-0.39, 0.29) is 24.0 Å². The molecule has 2 aromatic heterocycles. The maximum Gasteiger partial charge on any atom is 0.194 e. The summed E-state index contributed by atoms with van der Waals surface area (Å²) in [6.45, 7) is 5.56. The molecule has 0 spiro atoms. The van der Waals surface area contributed by atoms with Crippen molar-refractivity contribution in [2.45, 2.75) is 13.1 Å². The summed E-state index contributed by atoms with van der Waals surface area (Å²) in [7, 11) is 1.86. The molecule has 6 nitrogen and oxygen atoms in total. The first kappa shape index (κ1) is 20.1. The number of halogens is 1. The van der Waals surface area contributed by atoms with Gasteiger partial charge in [0.2, 0.25) is 0 Å². The second kappa shape index (κ2) is 9.52. The molecular weight excluding hydrogens is 473 g/mol. The second-order valence-electron chi connectivity index (χ2n) is 6.41. The van der Waals surface area contributed by atoms with Crippen LogP contribution in [0.2, 0.25) is 0 Å². The fraction of sp³-hybridized carbons (Fsp3) is 0.368.